The number of aromatic nitrogens is 3. The fraction of sp³-hybridized carbons (Fsp3) is 0.526. The van der Waals surface area contributed by atoms with Gasteiger partial charge in [0, 0.05) is 14.6 Å². The molecule has 1 amide bonds. The minimum absolute atomic E-state index is 0.228. The fourth-order valence-corrected chi connectivity index (χ4v) is 5.30. The molecule has 2 N–H and O–H groups in total. The topological polar surface area (TPSA) is 80.0 Å². The third-order valence-corrected chi connectivity index (χ3v) is 5.90. The van der Waals surface area contributed by atoms with Crippen LogP contribution in [0.4, 0.5) is 0 Å². The van der Waals surface area contributed by atoms with Crippen molar-refractivity contribution in [3.05, 3.63) is 48.5 Å². The first-order valence-corrected chi connectivity index (χ1v) is 12.9. The van der Waals surface area contributed by atoms with E-state index in [0.29, 0.717) is 12.6 Å². The minimum atomic E-state index is -1.73. The van der Waals surface area contributed by atoms with Gasteiger partial charge in [-0.1, -0.05) is 63.3 Å². The molecule has 6 nitrogen and oxygen atoms in total. The lowest BCUT2D eigenvalue weighted by Gasteiger charge is -2.39. The summed E-state index contributed by atoms with van der Waals surface area (Å²) in [5, 5.41) is 19.0. The number of hydrogen-bond donors (Lipinski definition) is 2. The van der Waals surface area contributed by atoms with Gasteiger partial charge in [0.25, 0.3) is 0 Å². The van der Waals surface area contributed by atoms with Crippen LogP contribution >= 0.6 is 0 Å². The van der Waals surface area contributed by atoms with Gasteiger partial charge in [-0.05, 0) is 18.0 Å². The number of nitrogens with one attached hydrogen (secondary N) is 1. The van der Waals surface area contributed by atoms with E-state index < -0.39 is 19.7 Å². The second kappa shape index (κ2) is 8.59. The zero-order valence-corrected chi connectivity index (χ0v) is 17.1. The number of rotatable bonds is 9. The summed E-state index contributed by atoms with van der Waals surface area (Å²) in [6.07, 6.45) is 4.79. The Morgan fingerprint density at radius 2 is 2.00 bits per heavy atom. The Morgan fingerprint density at radius 1 is 1.31 bits per heavy atom. The molecule has 142 valence electrons. The third kappa shape index (κ3) is 5.01. The number of nitrogens with zero attached hydrogens (tertiary/aromatic N) is 3. The maximum Gasteiger partial charge on any atom is 0.248 e. The minimum Gasteiger partial charge on any atom is -0.383 e. The molecule has 0 fully saturated rings. The Balaban J connectivity index is 2.49. The molecular weight excluding hydrogens is 344 g/mol. The molecule has 2 rings (SSSR count). The SMILES string of the molecule is CCCCNC(=O)C(n1cncn1)C(O)(C[Si](C)(C)C)c1ccccc1. The van der Waals surface area contributed by atoms with Gasteiger partial charge in [-0.25, -0.2) is 9.67 Å². The van der Waals surface area contributed by atoms with Crippen LogP contribution in [-0.2, 0) is 10.4 Å². The van der Waals surface area contributed by atoms with Crippen molar-refractivity contribution in [3.8, 4) is 0 Å². The van der Waals surface area contributed by atoms with Crippen molar-refractivity contribution in [3.63, 3.8) is 0 Å². The van der Waals surface area contributed by atoms with Gasteiger partial charge in [0.15, 0.2) is 6.04 Å². The van der Waals surface area contributed by atoms with Gasteiger partial charge in [-0.15, -0.1) is 0 Å². The van der Waals surface area contributed by atoms with Crippen LogP contribution in [-0.4, -0.2) is 40.4 Å². The molecule has 26 heavy (non-hydrogen) atoms. The highest BCUT2D eigenvalue weighted by atomic mass is 28.3. The lowest BCUT2D eigenvalue weighted by Crippen LogP contribution is -2.49. The van der Waals surface area contributed by atoms with E-state index >= 15 is 0 Å². The normalized spacial score (nSPS) is 15.3. The van der Waals surface area contributed by atoms with Crippen LogP contribution in [0.1, 0.15) is 31.4 Å². The van der Waals surface area contributed by atoms with Gasteiger partial charge < -0.3 is 10.4 Å². The van der Waals surface area contributed by atoms with Crippen molar-refractivity contribution >= 4 is 14.0 Å². The van der Waals surface area contributed by atoms with Crippen LogP contribution in [0.3, 0.4) is 0 Å². The largest absolute Gasteiger partial charge is 0.383 e. The molecule has 0 radical (unpaired) electrons. The van der Waals surface area contributed by atoms with E-state index in [-0.39, 0.29) is 5.91 Å². The van der Waals surface area contributed by atoms with Crippen molar-refractivity contribution in [2.45, 2.75) is 57.1 Å². The molecule has 0 aliphatic carbocycles. The van der Waals surface area contributed by atoms with Crippen LogP contribution in [0.2, 0.25) is 25.7 Å². The van der Waals surface area contributed by atoms with Gasteiger partial charge >= 0.3 is 0 Å². The number of hydrogen-bond acceptors (Lipinski definition) is 4. The summed E-state index contributed by atoms with van der Waals surface area (Å²) in [6, 6.07) is 9.11. The zero-order chi connectivity index (χ0) is 19.2. The van der Waals surface area contributed by atoms with Gasteiger partial charge in [-0.3, -0.25) is 4.79 Å². The molecule has 2 unspecified atom stereocenters. The summed E-state index contributed by atoms with van der Waals surface area (Å²) in [4.78, 5) is 17.1. The molecule has 0 aliphatic heterocycles. The van der Waals surface area contributed by atoms with Crippen molar-refractivity contribution in [2.24, 2.45) is 0 Å². The third-order valence-electron chi connectivity index (χ3n) is 4.30. The number of carbonyl (C=O) groups is 1. The molecule has 0 saturated heterocycles. The van der Waals surface area contributed by atoms with Crippen molar-refractivity contribution in [1.82, 2.24) is 20.1 Å². The van der Waals surface area contributed by atoms with Gasteiger partial charge in [0.2, 0.25) is 5.91 Å². The highest BCUT2D eigenvalue weighted by Crippen LogP contribution is 2.40. The number of amides is 1. The van der Waals surface area contributed by atoms with Crippen molar-refractivity contribution < 1.29 is 9.90 Å². The van der Waals surface area contributed by atoms with Crippen LogP contribution < -0.4 is 5.32 Å². The number of carbonyl (C=O) groups excluding carboxylic acids is 1. The summed E-state index contributed by atoms with van der Waals surface area (Å²) in [5.41, 5.74) is -0.621. The Labute approximate surface area is 156 Å². The average molecular weight is 375 g/mol. The molecule has 0 spiro atoms. The van der Waals surface area contributed by atoms with Gasteiger partial charge in [0.1, 0.15) is 18.3 Å². The standard InChI is InChI=1S/C19H30N4O2Si/c1-5-6-12-21-18(24)17(23-15-20-14-22-23)19(25,13-26(2,3)4)16-10-8-7-9-11-16/h7-11,14-15,17,25H,5-6,12-13H2,1-4H3,(H,21,24). The number of unbranched alkanes of at least 4 members (excludes halogenated alkanes) is 1. The summed E-state index contributed by atoms with van der Waals surface area (Å²) in [6.45, 7) is 9.22. The predicted molar refractivity (Wildman–Crippen MR) is 105 cm³/mol. The highest BCUT2D eigenvalue weighted by molar-refractivity contribution is 6.76. The molecule has 1 aromatic heterocycles. The lowest BCUT2D eigenvalue weighted by atomic mass is 9.87. The Kier molecular flexibility index (Phi) is 6.72. The molecule has 0 saturated carbocycles. The first-order valence-electron chi connectivity index (χ1n) is 9.17. The van der Waals surface area contributed by atoms with E-state index in [9.17, 15) is 9.90 Å². The van der Waals surface area contributed by atoms with Gasteiger partial charge in [0.05, 0.1) is 0 Å². The number of benzene rings is 1. The fourth-order valence-electron chi connectivity index (χ4n) is 3.28. The van der Waals surface area contributed by atoms with Crippen molar-refractivity contribution in [2.75, 3.05) is 6.54 Å². The van der Waals surface area contributed by atoms with Crippen molar-refractivity contribution in [1.29, 1.82) is 0 Å². The monoisotopic (exact) mass is 374 g/mol. The van der Waals surface area contributed by atoms with E-state index in [1.807, 2.05) is 30.3 Å². The predicted octanol–water partition coefficient (Wildman–Crippen LogP) is 2.96. The Bertz CT molecular complexity index is 685. The molecule has 1 heterocycles. The Morgan fingerprint density at radius 3 is 2.54 bits per heavy atom. The van der Waals surface area contributed by atoms with Crippen LogP contribution in [0, 0.1) is 0 Å². The first kappa shape index (κ1) is 20.3. The molecule has 1 aromatic carbocycles. The first-order chi connectivity index (χ1) is 12.3. The van der Waals surface area contributed by atoms with E-state index in [0.717, 1.165) is 18.4 Å². The van der Waals surface area contributed by atoms with Crippen LogP contribution in [0.25, 0.3) is 0 Å². The molecule has 2 atom stereocenters. The maximum absolute atomic E-state index is 13.1. The summed E-state index contributed by atoms with van der Waals surface area (Å²) >= 11 is 0. The van der Waals surface area contributed by atoms with E-state index in [4.69, 9.17) is 0 Å². The molecular formula is C19H30N4O2Si. The number of aliphatic hydroxyl groups is 1. The molecule has 2 aromatic rings. The van der Waals surface area contributed by atoms with E-state index in [1.165, 1.54) is 17.3 Å². The average Bonchev–Trinajstić information content (AvgIpc) is 3.08. The lowest BCUT2D eigenvalue weighted by molar-refractivity contribution is -0.133. The van der Waals surface area contributed by atoms with E-state index in [2.05, 4.69) is 42.0 Å². The molecule has 0 aliphatic rings. The smallest absolute Gasteiger partial charge is 0.248 e. The maximum atomic E-state index is 13.1. The van der Waals surface area contributed by atoms with Gasteiger partial charge in [-0.2, -0.15) is 5.10 Å². The second-order valence-corrected chi connectivity index (χ2v) is 13.4. The quantitative estimate of drug-likeness (QED) is 0.522. The Hall–Kier alpha value is -1.99. The van der Waals surface area contributed by atoms with Crippen LogP contribution in [0.15, 0.2) is 43.0 Å². The highest BCUT2D eigenvalue weighted by Gasteiger charge is 2.47. The summed E-state index contributed by atoms with van der Waals surface area (Å²) in [5.74, 6) is -0.228. The van der Waals surface area contributed by atoms with Crippen LogP contribution in [0.5, 0.6) is 0 Å². The summed E-state index contributed by atoms with van der Waals surface area (Å²) in [7, 11) is -1.73. The molecule has 7 heteroatoms. The molecule has 0 bridgehead atoms. The van der Waals surface area contributed by atoms with E-state index in [1.54, 1.807) is 0 Å². The zero-order valence-electron chi connectivity index (χ0n) is 16.1. The second-order valence-electron chi connectivity index (χ2n) is 7.95. The summed E-state index contributed by atoms with van der Waals surface area (Å²) < 4.78 is 1.48.